The Morgan fingerprint density at radius 3 is 2.83 bits per heavy atom. The zero-order valence-electron chi connectivity index (χ0n) is 12.6. The molecule has 2 heterocycles. The number of hydrogen-bond acceptors (Lipinski definition) is 4. The second kappa shape index (κ2) is 7.19. The molecule has 2 N–H and O–H groups in total. The summed E-state index contributed by atoms with van der Waals surface area (Å²) in [5.74, 6) is -0.706. The third-order valence-corrected chi connectivity index (χ3v) is 3.71. The molecule has 0 spiro atoms. The van der Waals surface area contributed by atoms with Crippen LogP contribution in [0.1, 0.15) is 23.2 Å². The third kappa shape index (κ3) is 4.04. The van der Waals surface area contributed by atoms with Crippen LogP contribution in [0.3, 0.4) is 0 Å². The summed E-state index contributed by atoms with van der Waals surface area (Å²) in [5, 5.41) is 5.71. The van der Waals surface area contributed by atoms with Gasteiger partial charge in [-0.15, -0.1) is 0 Å². The minimum absolute atomic E-state index is 0.139. The molecule has 120 valence electrons. The Morgan fingerprint density at radius 1 is 1.30 bits per heavy atom. The van der Waals surface area contributed by atoms with Crippen LogP contribution in [0.5, 0.6) is 0 Å². The molecule has 5 nitrogen and oxygen atoms in total. The van der Waals surface area contributed by atoms with Crippen molar-refractivity contribution in [2.45, 2.75) is 18.9 Å². The number of halogens is 1. The first-order valence-corrected chi connectivity index (χ1v) is 7.59. The van der Waals surface area contributed by atoms with Gasteiger partial charge in [0.05, 0.1) is 11.8 Å². The minimum Gasteiger partial charge on any atom is -0.380 e. The van der Waals surface area contributed by atoms with Crippen LogP contribution in [0.15, 0.2) is 42.7 Å². The maximum Gasteiger partial charge on any atom is 0.255 e. The molecule has 1 fully saturated rings. The largest absolute Gasteiger partial charge is 0.380 e. The highest BCUT2D eigenvalue weighted by Crippen LogP contribution is 2.21. The molecule has 1 saturated heterocycles. The summed E-state index contributed by atoms with van der Waals surface area (Å²) in [6, 6.07) is 7.79. The lowest BCUT2D eigenvalue weighted by atomic mass is 10.2. The zero-order valence-corrected chi connectivity index (χ0v) is 12.6. The molecule has 1 unspecified atom stereocenters. The van der Waals surface area contributed by atoms with Crippen LogP contribution in [0, 0.1) is 5.82 Å². The number of rotatable bonds is 5. The summed E-state index contributed by atoms with van der Waals surface area (Å²) in [6.45, 7) is 1.36. The van der Waals surface area contributed by atoms with Crippen molar-refractivity contribution in [3.05, 3.63) is 54.1 Å². The molecule has 1 aliphatic rings. The van der Waals surface area contributed by atoms with Crippen LogP contribution < -0.4 is 10.6 Å². The van der Waals surface area contributed by atoms with Crippen molar-refractivity contribution >= 4 is 17.3 Å². The average molecular weight is 315 g/mol. The van der Waals surface area contributed by atoms with Crippen LogP contribution in [-0.2, 0) is 4.74 Å². The maximum absolute atomic E-state index is 14.1. The van der Waals surface area contributed by atoms with Gasteiger partial charge in [0.1, 0.15) is 5.82 Å². The molecule has 6 heteroatoms. The van der Waals surface area contributed by atoms with Crippen LogP contribution in [0.2, 0.25) is 0 Å². The second-order valence-electron chi connectivity index (χ2n) is 5.40. The second-order valence-corrected chi connectivity index (χ2v) is 5.40. The Kier molecular flexibility index (Phi) is 4.83. The highest BCUT2D eigenvalue weighted by molar-refractivity contribution is 6.04. The molecule has 1 aromatic carbocycles. The van der Waals surface area contributed by atoms with Crippen molar-refractivity contribution in [2.75, 3.05) is 23.8 Å². The van der Waals surface area contributed by atoms with E-state index in [0.717, 1.165) is 19.4 Å². The first-order valence-electron chi connectivity index (χ1n) is 7.59. The smallest absolute Gasteiger partial charge is 0.255 e. The van der Waals surface area contributed by atoms with Gasteiger partial charge in [-0.25, -0.2) is 4.39 Å². The molecule has 23 heavy (non-hydrogen) atoms. The van der Waals surface area contributed by atoms with Gasteiger partial charge in [0.2, 0.25) is 0 Å². The number of nitrogens with one attached hydrogen (secondary N) is 2. The molecular weight excluding hydrogens is 297 g/mol. The monoisotopic (exact) mass is 315 g/mol. The van der Waals surface area contributed by atoms with E-state index in [4.69, 9.17) is 4.74 Å². The number of pyridine rings is 1. The van der Waals surface area contributed by atoms with E-state index in [1.54, 1.807) is 24.3 Å². The van der Waals surface area contributed by atoms with Crippen LogP contribution >= 0.6 is 0 Å². The number of aromatic nitrogens is 1. The van der Waals surface area contributed by atoms with Crippen molar-refractivity contribution < 1.29 is 13.9 Å². The van der Waals surface area contributed by atoms with Gasteiger partial charge in [-0.05, 0) is 43.2 Å². The first-order chi connectivity index (χ1) is 11.2. The van der Waals surface area contributed by atoms with Gasteiger partial charge in [0.15, 0.2) is 0 Å². The van der Waals surface area contributed by atoms with E-state index in [1.165, 1.54) is 18.5 Å². The quantitative estimate of drug-likeness (QED) is 0.890. The summed E-state index contributed by atoms with van der Waals surface area (Å²) in [7, 11) is 0. The lowest BCUT2D eigenvalue weighted by Crippen LogP contribution is -2.19. The molecule has 1 aliphatic heterocycles. The molecular formula is C17H18FN3O2. The number of amides is 1. The average Bonchev–Trinajstić information content (AvgIpc) is 3.08. The summed E-state index contributed by atoms with van der Waals surface area (Å²) in [4.78, 5) is 15.9. The minimum atomic E-state index is -0.407. The molecule has 2 aromatic rings. The van der Waals surface area contributed by atoms with Crippen molar-refractivity contribution in [2.24, 2.45) is 0 Å². The topological polar surface area (TPSA) is 63.2 Å². The first kappa shape index (κ1) is 15.4. The summed E-state index contributed by atoms with van der Waals surface area (Å²) in [6.07, 6.45) is 5.26. The number of benzene rings is 1. The van der Waals surface area contributed by atoms with E-state index >= 15 is 0 Å². The van der Waals surface area contributed by atoms with Crippen molar-refractivity contribution in [3.8, 4) is 0 Å². The number of carbonyl (C=O) groups excluding carboxylic acids is 1. The fraction of sp³-hybridized carbons (Fsp3) is 0.294. The Morgan fingerprint density at radius 2 is 2.13 bits per heavy atom. The molecule has 0 radical (unpaired) electrons. The summed E-state index contributed by atoms with van der Waals surface area (Å²) < 4.78 is 19.6. The van der Waals surface area contributed by atoms with Crippen molar-refractivity contribution in [1.82, 2.24) is 4.98 Å². The lowest BCUT2D eigenvalue weighted by Gasteiger charge is -2.13. The molecule has 0 bridgehead atoms. The van der Waals surface area contributed by atoms with Gasteiger partial charge in [-0.1, -0.05) is 0 Å². The molecule has 3 rings (SSSR count). The zero-order chi connectivity index (χ0) is 16.1. The Bertz CT molecular complexity index is 673. The van der Waals surface area contributed by atoms with E-state index in [2.05, 4.69) is 15.6 Å². The molecule has 1 atom stereocenters. The predicted octanol–water partition coefficient (Wildman–Crippen LogP) is 3.06. The van der Waals surface area contributed by atoms with E-state index in [0.29, 0.717) is 23.5 Å². The number of nitrogens with zero attached hydrogens (tertiary/aromatic N) is 1. The Labute approximate surface area is 133 Å². The van der Waals surface area contributed by atoms with Gasteiger partial charge in [-0.2, -0.15) is 0 Å². The molecule has 0 aliphatic carbocycles. The van der Waals surface area contributed by atoms with E-state index in [-0.39, 0.29) is 12.0 Å². The standard InChI is InChI=1S/C17H18FN3O2/c18-15-10-13(21-17(22)12-5-7-19-8-6-12)3-4-16(15)20-11-14-2-1-9-23-14/h3-8,10,14,20H,1-2,9,11H2,(H,21,22). The van der Waals surface area contributed by atoms with Gasteiger partial charge in [0.25, 0.3) is 5.91 Å². The van der Waals surface area contributed by atoms with E-state index < -0.39 is 5.82 Å². The Balaban J connectivity index is 1.61. The summed E-state index contributed by atoms with van der Waals surface area (Å²) in [5.41, 5.74) is 1.29. The van der Waals surface area contributed by atoms with Crippen molar-refractivity contribution in [3.63, 3.8) is 0 Å². The van der Waals surface area contributed by atoms with Crippen LogP contribution in [0.25, 0.3) is 0 Å². The van der Waals surface area contributed by atoms with Gasteiger partial charge >= 0.3 is 0 Å². The molecule has 1 aromatic heterocycles. The highest BCUT2D eigenvalue weighted by atomic mass is 19.1. The SMILES string of the molecule is O=C(Nc1ccc(NCC2CCCO2)c(F)c1)c1ccncc1. The van der Waals surface area contributed by atoms with Crippen molar-refractivity contribution in [1.29, 1.82) is 0 Å². The van der Waals surface area contributed by atoms with E-state index in [9.17, 15) is 9.18 Å². The molecule has 0 saturated carbocycles. The Hall–Kier alpha value is -2.47. The van der Waals surface area contributed by atoms with Crippen LogP contribution in [0.4, 0.5) is 15.8 Å². The fourth-order valence-corrected chi connectivity index (χ4v) is 2.47. The lowest BCUT2D eigenvalue weighted by molar-refractivity contribution is 0.102. The van der Waals surface area contributed by atoms with E-state index in [1.807, 2.05) is 0 Å². The normalized spacial score (nSPS) is 17.0. The molecule has 1 amide bonds. The van der Waals surface area contributed by atoms with Gasteiger partial charge in [0, 0.05) is 36.8 Å². The number of carbonyl (C=O) groups is 1. The summed E-state index contributed by atoms with van der Waals surface area (Å²) >= 11 is 0. The highest BCUT2D eigenvalue weighted by Gasteiger charge is 2.16. The van der Waals surface area contributed by atoms with Crippen LogP contribution in [-0.4, -0.2) is 30.1 Å². The third-order valence-electron chi connectivity index (χ3n) is 3.71. The fourth-order valence-electron chi connectivity index (χ4n) is 2.47. The number of ether oxygens (including phenoxy) is 1. The van der Waals surface area contributed by atoms with Gasteiger partial charge < -0.3 is 15.4 Å². The number of hydrogen-bond donors (Lipinski definition) is 2. The van der Waals surface area contributed by atoms with Gasteiger partial charge in [-0.3, -0.25) is 9.78 Å². The number of anilines is 2. The maximum atomic E-state index is 14.1. The predicted molar refractivity (Wildman–Crippen MR) is 86.1 cm³/mol.